The molecule has 1 saturated carbocycles. The predicted octanol–water partition coefficient (Wildman–Crippen LogP) is 1.37. The van der Waals surface area contributed by atoms with Crippen LogP contribution in [-0.4, -0.2) is 36.2 Å². The quantitative estimate of drug-likeness (QED) is 0.751. The highest BCUT2D eigenvalue weighted by atomic mass is 16.5. The summed E-state index contributed by atoms with van der Waals surface area (Å²) in [7, 11) is 1.74. The third kappa shape index (κ3) is 3.85. The van der Waals surface area contributed by atoms with Gasteiger partial charge in [0, 0.05) is 13.1 Å². The Morgan fingerprint density at radius 3 is 3.00 bits per heavy atom. The Balaban J connectivity index is 1.70. The van der Waals surface area contributed by atoms with Crippen molar-refractivity contribution in [1.82, 2.24) is 10.1 Å². The summed E-state index contributed by atoms with van der Waals surface area (Å²) in [5, 5.41) is 3.85. The first-order valence-electron chi connectivity index (χ1n) is 5.89. The molecule has 0 bridgehead atoms. The normalized spacial score (nSPS) is 14.9. The van der Waals surface area contributed by atoms with Crippen LogP contribution in [-0.2, 0) is 16.1 Å². The van der Waals surface area contributed by atoms with Crippen molar-refractivity contribution in [3.63, 3.8) is 0 Å². The largest absolute Gasteiger partial charge is 0.371 e. The van der Waals surface area contributed by atoms with Crippen molar-refractivity contribution < 1.29 is 14.1 Å². The summed E-state index contributed by atoms with van der Waals surface area (Å²) < 4.78 is 10.3. The zero-order valence-corrected chi connectivity index (χ0v) is 10.3. The number of aromatic nitrogens is 1. The van der Waals surface area contributed by atoms with Crippen LogP contribution in [0.25, 0.3) is 0 Å². The topological polar surface area (TPSA) is 55.6 Å². The van der Waals surface area contributed by atoms with Gasteiger partial charge >= 0.3 is 0 Å². The average molecular weight is 238 g/mol. The Labute approximate surface area is 101 Å². The molecule has 0 atom stereocenters. The lowest BCUT2D eigenvalue weighted by Crippen LogP contribution is -2.30. The Bertz CT molecular complexity index is 385. The number of amides is 1. The molecule has 94 valence electrons. The molecule has 0 aromatic carbocycles. The van der Waals surface area contributed by atoms with Crippen LogP contribution >= 0.6 is 0 Å². The second kappa shape index (κ2) is 5.31. The number of hydrogen-bond donors (Lipinski definition) is 0. The molecule has 5 heteroatoms. The van der Waals surface area contributed by atoms with Gasteiger partial charge in [0.2, 0.25) is 5.91 Å². The molecule has 1 aliphatic rings. The third-order valence-corrected chi connectivity index (χ3v) is 2.78. The molecular formula is C12H18N2O3. The van der Waals surface area contributed by atoms with Crippen LogP contribution in [0.2, 0.25) is 0 Å². The maximum absolute atomic E-state index is 11.7. The van der Waals surface area contributed by atoms with Crippen molar-refractivity contribution in [2.45, 2.75) is 26.3 Å². The molecule has 0 saturated heterocycles. The van der Waals surface area contributed by atoms with E-state index in [-0.39, 0.29) is 12.5 Å². The van der Waals surface area contributed by atoms with Gasteiger partial charge in [0.15, 0.2) is 0 Å². The maximum atomic E-state index is 11.7. The molecule has 0 unspecified atom stereocenters. The summed E-state index contributed by atoms with van der Waals surface area (Å²) in [4.78, 5) is 13.3. The molecule has 2 rings (SSSR count). The fourth-order valence-electron chi connectivity index (χ4n) is 1.53. The summed E-state index contributed by atoms with van der Waals surface area (Å²) in [6.45, 7) is 3.16. The number of rotatable bonds is 6. The number of hydrogen-bond acceptors (Lipinski definition) is 4. The van der Waals surface area contributed by atoms with Crippen LogP contribution in [0.15, 0.2) is 10.6 Å². The van der Waals surface area contributed by atoms with E-state index in [1.807, 2.05) is 13.0 Å². The van der Waals surface area contributed by atoms with Gasteiger partial charge in [0.25, 0.3) is 0 Å². The Hall–Kier alpha value is -1.36. The van der Waals surface area contributed by atoms with E-state index in [1.54, 1.807) is 11.9 Å². The van der Waals surface area contributed by atoms with Crippen molar-refractivity contribution in [2.75, 3.05) is 20.3 Å². The van der Waals surface area contributed by atoms with E-state index in [0.29, 0.717) is 19.1 Å². The molecule has 1 fully saturated rings. The fourth-order valence-corrected chi connectivity index (χ4v) is 1.53. The molecule has 0 N–H and O–H groups in total. The Morgan fingerprint density at radius 2 is 2.41 bits per heavy atom. The third-order valence-electron chi connectivity index (χ3n) is 2.78. The molecule has 0 spiro atoms. The number of carbonyl (C=O) groups excluding carboxylic acids is 1. The van der Waals surface area contributed by atoms with E-state index >= 15 is 0 Å². The first kappa shape index (κ1) is 12.1. The Kier molecular flexibility index (Phi) is 3.78. The number of carbonyl (C=O) groups is 1. The van der Waals surface area contributed by atoms with E-state index in [2.05, 4.69) is 5.16 Å². The van der Waals surface area contributed by atoms with Gasteiger partial charge in [0.05, 0.1) is 13.2 Å². The highest BCUT2D eigenvalue weighted by Crippen LogP contribution is 2.28. The standard InChI is InChI=1S/C12H18N2O3/c1-9-5-11(13-17-9)6-14(2)12(15)8-16-7-10-3-4-10/h5,10H,3-4,6-8H2,1-2H3. The number of nitrogens with zero attached hydrogens (tertiary/aromatic N) is 2. The van der Waals surface area contributed by atoms with Crippen LogP contribution in [0.4, 0.5) is 0 Å². The molecule has 5 nitrogen and oxygen atoms in total. The summed E-state index contributed by atoms with van der Waals surface area (Å²) in [5.74, 6) is 1.42. The lowest BCUT2D eigenvalue weighted by Gasteiger charge is -2.15. The van der Waals surface area contributed by atoms with Crippen molar-refractivity contribution >= 4 is 5.91 Å². The minimum absolute atomic E-state index is 0.0219. The Morgan fingerprint density at radius 1 is 1.65 bits per heavy atom. The molecule has 17 heavy (non-hydrogen) atoms. The highest BCUT2D eigenvalue weighted by Gasteiger charge is 2.22. The zero-order chi connectivity index (χ0) is 12.3. The fraction of sp³-hybridized carbons (Fsp3) is 0.667. The van der Waals surface area contributed by atoms with Gasteiger partial charge in [0.1, 0.15) is 18.1 Å². The van der Waals surface area contributed by atoms with E-state index in [4.69, 9.17) is 9.26 Å². The molecule has 1 heterocycles. The van der Waals surface area contributed by atoms with Crippen LogP contribution in [0, 0.1) is 12.8 Å². The predicted molar refractivity (Wildman–Crippen MR) is 61.3 cm³/mol. The number of aryl methyl sites for hydroxylation is 1. The van der Waals surface area contributed by atoms with E-state index in [9.17, 15) is 4.79 Å². The lowest BCUT2D eigenvalue weighted by atomic mass is 10.3. The smallest absolute Gasteiger partial charge is 0.248 e. The SMILES string of the molecule is Cc1cc(CN(C)C(=O)COCC2CC2)no1. The number of ether oxygens (including phenoxy) is 1. The van der Waals surface area contributed by atoms with Crippen LogP contribution in [0.5, 0.6) is 0 Å². The molecule has 1 aliphatic carbocycles. The maximum Gasteiger partial charge on any atom is 0.248 e. The van der Waals surface area contributed by atoms with Gasteiger partial charge in [-0.25, -0.2) is 0 Å². The highest BCUT2D eigenvalue weighted by molar-refractivity contribution is 5.77. The molecule has 1 amide bonds. The minimum atomic E-state index is -0.0219. The van der Waals surface area contributed by atoms with Crippen molar-refractivity contribution in [2.24, 2.45) is 5.92 Å². The second-order valence-corrected chi connectivity index (χ2v) is 4.64. The first-order valence-corrected chi connectivity index (χ1v) is 5.89. The van der Waals surface area contributed by atoms with E-state index in [0.717, 1.165) is 11.5 Å². The van der Waals surface area contributed by atoms with E-state index < -0.39 is 0 Å². The van der Waals surface area contributed by atoms with Crippen molar-refractivity contribution in [3.05, 3.63) is 17.5 Å². The van der Waals surface area contributed by atoms with Gasteiger partial charge in [-0.1, -0.05) is 5.16 Å². The van der Waals surface area contributed by atoms with Crippen molar-refractivity contribution in [1.29, 1.82) is 0 Å². The summed E-state index contributed by atoms with van der Waals surface area (Å²) in [5.41, 5.74) is 0.764. The molecule has 0 radical (unpaired) electrons. The van der Waals surface area contributed by atoms with Gasteiger partial charge in [-0.3, -0.25) is 4.79 Å². The zero-order valence-electron chi connectivity index (χ0n) is 10.3. The molecule has 1 aromatic rings. The monoisotopic (exact) mass is 238 g/mol. The average Bonchev–Trinajstić information content (AvgIpc) is 3.02. The van der Waals surface area contributed by atoms with Gasteiger partial charge in [-0.2, -0.15) is 0 Å². The van der Waals surface area contributed by atoms with Gasteiger partial charge < -0.3 is 14.2 Å². The summed E-state index contributed by atoms with van der Waals surface area (Å²) >= 11 is 0. The van der Waals surface area contributed by atoms with E-state index in [1.165, 1.54) is 12.8 Å². The van der Waals surface area contributed by atoms with Crippen LogP contribution < -0.4 is 0 Å². The van der Waals surface area contributed by atoms with Gasteiger partial charge in [-0.15, -0.1) is 0 Å². The van der Waals surface area contributed by atoms with Crippen molar-refractivity contribution in [3.8, 4) is 0 Å². The molecule has 1 aromatic heterocycles. The van der Waals surface area contributed by atoms with Gasteiger partial charge in [-0.05, 0) is 25.7 Å². The number of likely N-dealkylation sites (N-methyl/N-ethyl adjacent to an activating group) is 1. The van der Waals surface area contributed by atoms with Crippen LogP contribution in [0.3, 0.4) is 0 Å². The summed E-state index contributed by atoms with van der Waals surface area (Å²) in [6, 6.07) is 1.83. The molecular weight excluding hydrogens is 220 g/mol. The summed E-state index contributed by atoms with van der Waals surface area (Å²) in [6.07, 6.45) is 2.48. The second-order valence-electron chi connectivity index (χ2n) is 4.64. The lowest BCUT2D eigenvalue weighted by molar-refractivity contribution is -0.135. The van der Waals surface area contributed by atoms with Crippen LogP contribution in [0.1, 0.15) is 24.3 Å². The first-order chi connectivity index (χ1) is 8.15. The minimum Gasteiger partial charge on any atom is -0.371 e. The molecule has 0 aliphatic heterocycles.